The fourth-order valence-corrected chi connectivity index (χ4v) is 2.76. The standard InChI is InChI=1S/C12H25NO/c1-4-11(8-13)12(14)6-5-9(2)10(3)7-12/h9-11,14H,4-8,13H2,1-3H3. The quantitative estimate of drug-likeness (QED) is 0.731. The van der Waals surface area contributed by atoms with Crippen molar-refractivity contribution >= 4 is 0 Å². The molecule has 1 rings (SSSR count). The lowest BCUT2D eigenvalue weighted by Crippen LogP contribution is -2.46. The molecule has 84 valence electrons. The van der Waals surface area contributed by atoms with Crippen LogP contribution in [0.2, 0.25) is 0 Å². The van der Waals surface area contributed by atoms with E-state index in [1.54, 1.807) is 0 Å². The van der Waals surface area contributed by atoms with E-state index in [-0.39, 0.29) is 5.92 Å². The Morgan fingerprint density at radius 2 is 2.07 bits per heavy atom. The third kappa shape index (κ3) is 2.29. The molecule has 0 aromatic rings. The maximum Gasteiger partial charge on any atom is 0.0690 e. The predicted octanol–water partition coefficient (Wildman–Crippen LogP) is 2.16. The fraction of sp³-hybridized carbons (Fsp3) is 1.00. The van der Waals surface area contributed by atoms with Crippen LogP contribution in [-0.2, 0) is 0 Å². The second-order valence-corrected chi connectivity index (χ2v) is 5.14. The van der Waals surface area contributed by atoms with Crippen LogP contribution in [-0.4, -0.2) is 17.3 Å². The summed E-state index contributed by atoms with van der Waals surface area (Å²) in [5.74, 6) is 1.68. The molecule has 0 saturated heterocycles. The molecule has 0 radical (unpaired) electrons. The molecule has 0 aliphatic heterocycles. The summed E-state index contributed by atoms with van der Waals surface area (Å²) in [6.45, 7) is 7.28. The van der Waals surface area contributed by atoms with Crippen molar-refractivity contribution in [2.24, 2.45) is 23.5 Å². The van der Waals surface area contributed by atoms with E-state index in [2.05, 4.69) is 20.8 Å². The third-order valence-corrected chi connectivity index (χ3v) is 4.22. The molecule has 0 bridgehead atoms. The van der Waals surface area contributed by atoms with Crippen molar-refractivity contribution in [2.45, 2.75) is 52.1 Å². The van der Waals surface area contributed by atoms with E-state index < -0.39 is 5.60 Å². The first-order chi connectivity index (χ1) is 6.53. The van der Waals surface area contributed by atoms with Gasteiger partial charge in [-0.2, -0.15) is 0 Å². The van der Waals surface area contributed by atoms with Crippen molar-refractivity contribution in [2.75, 3.05) is 6.54 Å². The van der Waals surface area contributed by atoms with E-state index in [4.69, 9.17) is 5.73 Å². The van der Waals surface area contributed by atoms with Gasteiger partial charge in [-0.05, 0) is 50.0 Å². The summed E-state index contributed by atoms with van der Waals surface area (Å²) in [6, 6.07) is 0. The summed E-state index contributed by atoms with van der Waals surface area (Å²) >= 11 is 0. The third-order valence-electron chi connectivity index (χ3n) is 4.22. The van der Waals surface area contributed by atoms with Crippen molar-refractivity contribution in [3.05, 3.63) is 0 Å². The van der Waals surface area contributed by atoms with Crippen LogP contribution in [0.4, 0.5) is 0 Å². The van der Waals surface area contributed by atoms with Crippen molar-refractivity contribution < 1.29 is 5.11 Å². The summed E-state index contributed by atoms with van der Waals surface area (Å²) in [4.78, 5) is 0. The Labute approximate surface area is 87.9 Å². The second-order valence-electron chi connectivity index (χ2n) is 5.14. The first kappa shape index (κ1) is 12.0. The van der Waals surface area contributed by atoms with Crippen LogP contribution < -0.4 is 5.73 Å². The number of aliphatic hydroxyl groups is 1. The van der Waals surface area contributed by atoms with E-state index in [0.29, 0.717) is 12.5 Å². The van der Waals surface area contributed by atoms with Crippen molar-refractivity contribution in [3.8, 4) is 0 Å². The highest BCUT2D eigenvalue weighted by atomic mass is 16.3. The molecule has 1 saturated carbocycles. The van der Waals surface area contributed by atoms with Crippen LogP contribution in [0.3, 0.4) is 0 Å². The molecular weight excluding hydrogens is 174 g/mol. The minimum atomic E-state index is -0.477. The van der Waals surface area contributed by atoms with Gasteiger partial charge in [0.05, 0.1) is 5.60 Å². The van der Waals surface area contributed by atoms with E-state index in [9.17, 15) is 5.11 Å². The number of hydrogen-bond acceptors (Lipinski definition) is 2. The van der Waals surface area contributed by atoms with Crippen LogP contribution in [0.1, 0.15) is 46.5 Å². The zero-order chi connectivity index (χ0) is 10.8. The average Bonchev–Trinajstić information content (AvgIpc) is 2.14. The maximum atomic E-state index is 10.5. The second kappa shape index (κ2) is 4.63. The molecule has 1 aliphatic carbocycles. The van der Waals surface area contributed by atoms with Crippen LogP contribution >= 0.6 is 0 Å². The highest BCUT2D eigenvalue weighted by Crippen LogP contribution is 2.40. The average molecular weight is 199 g/mol. The Balaban J connectivity index is 2.65. The first-order valence-electron chi connectivity index (χ1n) is 5.96. The van der Waals surface area contributed by atoms with E-state index in [0.717, 1.165) is 31.6 Å². The lowest BCUT2D eigenvalue weighted by atomic mass is 9.67. The molecule has 3 N–H and O–H groups in total. The Bertz CT molecular complexity index is 179. The molecule has 0 spiro atoms. The predicted molar refractivity (Wildman–Crippen MR) is 60.0 cm³/mol. The van der Waals surface area contributed by atoms with Crippen molar-refractivity contribution in [1.29, 1.82) is 0 Å². The van der Waals surface area contributed by atoms with Crippen molar-refractivity contribution in [3.63, 3.8) is 0 Å². The minimum Gasteiger partial charge on any atom is -0.390 e. The van der Waals surface area contributed by atoms with Gasteiger partial charge in [-0.25, -0.2) is 0 Å². The number of nitrogens with two attached hydrogens (primary N) is 1. The molecule has 0 aromatic heterocycles. The van der Waals surface area contributed by atoms with Gasteiger partial charge in [-0.3, -0.25) is 0 Å². The van der Waals surface area contributed by atoms with E-state index in [1.165, 1.54) is 0 Å². The Morgan fingerprint density at radius 1 is 1.43 bits per heavy atom. The zero-order valence-electron chi connectivity index (χ0n) is 9.79. The van der Waals surface area contributed by atoms with Gasteiger partial charge in [0.2, 0.25) is 0 Å². The van der Waals surface area contributed by atoms with E-state index in [1.807, 2.05) is 0 Å². The highest BCUT2D eigenvalue weighted by Gasteiger charge is 2.40. The van der Waals surface area contributed by atoms with Gasteiger partial charge < -0.3 is 10.8 Å². The maximum absolute atomic E-state index is 10.5. The summed E-state index contributed by atoms with van der Waals surface area (Å²) in [5, 5.41) is 10.5. The molecule has 14 heavy (non-hydrogen) atoms. The summed E-state index contributed by atoms with van der Waals surface area (Å²) in [6.07, 6.45) is 4.01. The summed E-state index contributed by atoms with van der Waals surface area (Å²) in [5.41, 5.74) is 5.24. The van der Waals surface area contributed by atoms with Gasteiger partial charge in [0.15, 0.2) is 0 Å². The topological polar surface area (TPSA) is 46.2 Å². The summed E-state index contributed by atoms with van der Waals surface area (Å²) in [7, 11) is 0. The monoisotopic (exact) mass is 199 g/mol. The van der Waals surface area contributed by atoms with Crippen LogP contribution in [0.25, 0.3) is 0 Å². The molecular formula is C12H25NO. The van der Waals surface area contributed by atoms with Crippen molar-refractivity contribution in [1.82, 2.24) is 0 Å². The normalized spacial score (nSPS) is 40.9. The molecule has 1 aliphatic rings. The number of rotatable bonds is 3. The molecule has 2 heteroatoms. The SMILES string of the molecule is CCC(CN)C1(O)CCC(C)C(C)C1. The Morgan fingerprint density at radius 3 is 2.50 bits per heavy atom. The highest BCUT2D eigenvalue weighted by molar-refractivity contribution is 4.92. The van der Waals surface area contributed by atoms with Crippen LogP contribution in [0, 0.1) is 17.8 Å². The lowest BCUT2D eigenvalue weighted by molar-refractivity contribution is -0.0730. The molecule has 0 heterocycles. The first-order valence-corrected chi connectivity index (χ1v) is 5.96. The lowest BCUT2D eigenvalue weighted by Gasteiger charge is -2.43. The largest absolute Gasteiger partial charge is 0.390 e. The van der Waals surface area contributed by atoms with Gasteiger partial charge in [-0.1, -0.05) is 20.8 Å². The molecule has 4 unspecified atom stereocenters. The smallest absolute Gasteiger partial charge is 0.0690 e. The van der Waals surface area contributed by atoms with Gasteiger partial charge in [0, 0.05) is 0 Å². The van der Waals surface area contributed by atoms with Gasteiger partial charge in [0.25, 0.3) is 0 Å². The van der Waals surface area contributed by atoms with Gasteiger partial charge in [-0.15, -0.1) is 0 Å². The molecule has 0 amide bonds. The molecule has 4 atom stereocenters. The van der Waals surface area contributed by atoms with Gasteiger partial charge in [0.1, 0.15) is 0 Å². The summed E-state index contributed by atoms with van der Waals surface area (Å²) < 4.78 is 0. The molecule has 2 nitrogen and oxygen atoms in total. The Kier molecular flexibility index (Phi) is 3.96. The van der Waals surface area contributed by atoms with Crippen LogP contribution in [0.5, 0.6) is 0 Å². The molecule has 0 aromatic carbocycles. The molecule has 1 fully saturated rings. The van der Waals surface area contributed by atoms with Gasteiger partial charge >= 0.3 is 0 Å². The minimum absolute atomic E-state index is 0.289. The number of hydrogen-bond donors (Lipinski definition) is 2. The van der Waals surface area contributed by atoms with Crippen LogP contribution in [0.15, 0.2) is 0 Å². The zero-order valence-corrected chi connectivity index (χ0v) is 9.79. The Hall–Kier alpha value is -0.0800. The fourth-order valence-electron chi connectivity index (χ4n) is 2.76. The van der Waals surface area contributed by atoms with E-state index >= 15 is 0 Å².